The summed E-state index contributed by atoms with van der Waals surface area (Å²) in [6, 6.07) is 7.54. The molecule has 0 radical (unpaired) electrons. The number of nitrogens with zero attached hydrogens (tertiary/aromatic N) is 6. The van der Waals surface area contributed by atoms with Crippen LogP contribution >= 0.6 is 0 Å². The van der Waals surface area contributed by atoms with Crippen molar-refractivity contribution in [3.05, 3.63) is 36.0 Å². The summed E-state index contributed by atoms with van der Waals surface area (Å²) >= 11 is 0. The monoisotopic (exact) mass is 465 g/mol. The van der Waals surface area contributed by atoms with E-state index in [1.54, 1.807) is 23.2 Å². The van der Waals surface area contributed by atoms with E-state index in [1.807, 2.05) is 36.1 Å². The molecule has 1 aromatic heterocycles. The van der Waals surface area contributed by atoms with Crippen molar-refractivity contribution >= 4 is 35.1 Å². The van der Waals surface area contributed by atoms with E-state index in [0.717, 1.165) is 37.2 Å². The van der Waals surface area contributed by atoms with Crippen molar-refractivity contribution in [3.63, 3.8) is 0 Å². The third-order valence-electron chi connectivity index (χ3n) is 6.75. The molecule has 1 aliphatic carbocycles. The molecule has 0 atom stereocenters. The van der Waals surface area contributed by atoms with Crippen LogP contribution in [0.4, 0.5) is 27.9 Å². The number of fused-ring (bicyclic) bond motifs is 1. The number of hydrogen-bond acceptors (Lipinski definition) is 7. The van der Waals surface area contributed by atoms with Gasteiger partial charge in [-0.05, 0) is 44.0 Å². The lowest BCUT2D eigenvalue weighted by atomic mass is 10.1. The van der Waals surface area contributed by atoms with E-state index in [2.05, 4.69) is 15.3 Å². The highest BCUT2D eigenvalue weighted by Crippen LogP contribution is 2.38. The van der Waals surface area contributed by atoms with Gasteiger partial charge in [0.25, 0.3) is 5.91 Å². The van der Waals surface area contributed by atoms with Crippen LogP contribution in [0.15, 0.2) is 30.5 Å². The van der Waals surface area contributed by atoms with Crippen LogP contribution in [0, 0.1) is 0 Å². The Morgan fingerprint density at radius 3 is 2.53 bits per heavy atom. The van der Waals surface area contributed by atoms with Crippen molar-refractivity contribution in [1.29, 1.82) is 0 Å². The molecule has 34 heavy (non-hydrogen) atoms. The lowest BCUT2D eigenvalue weighted by molar-refractivity contribution is 0.0303. The molecule has 2 fully saturated rings. The summed E-state index contributed by atoms with van der Waals surface area (Å²) in [6.07, 6.45) is 6.10. The van der Waals surface area contributed by atoms with Crippen molar-refractivity contribution < 1.29 is 14.3 Å². The van der Waals surface area contributed by atoms with Gasteiger partial charge in [0.15, 0.2) is 5.82 Å². The molecule has 2 aromatic rings. The largest absolute Gasteiger partial charge is 0.378 e. The quantitative estimate of drug-likeness (QED) is 0.724. The normalized spacial score (nSPS) is 18.9. The Morgan fingerprint density at radius 1 is 1.15 bits per heavy atom. The standard InChI is InChI=1S/C24H31N7O3/c1-3-30-24(33)28(2)20-16-25-23(27-21(20)31(30)19-6-4-5-7-19)26-18-10-8-17(9-11-18)22(32)29-12-14-34-15-13-29/h8-11,16,19H,3-7,12-15H2,1-2H3,(H,25,26,27). The Morgan fingerprint density at radius 2 is 1.85 bits per heavy atom. The Labute approximate surface area is 199 Å². The van der Waals surface area contributed by atoms with Gasteiger partial charge in [-0.25, -0.2) is 14.8 Å². The zero-order valence-electron chi connectivity index (χ0n) is 19.7. The zero-order chi connectivity index (χ0) is 23.7. The van der Waals surface area contributed by atoms with Crippen LogP contribution in [0.1, 0.15) is 43.0 Å². The Balaban J connectivity index is 1.38. The molecule has 180 valence electrons. The number of rotatable bonds is 5. The average Bonchev–Trinajstić information content (AvgIpc) is 3.41. The van der Waals surface area contributed by atoms with Crippen molar-refractivity contribution in [2.45, 2.75) is 38.6 Å². The fraction of sp³-hybridized carbons (Fsp3) is 0.500. The number of amides is 3. The van der Waals surface area contributed by atoms with Crippen LogP contribution in [-0.2, 0) is 4.74 Å². The molecular formula is C24H31N7O3. The molecule has 5 rings (SSSR count). The zero-order valence-corrected chi connectivity index (χ0v) is 19.7. The molecule has 1 saturated carbocycles. The maximum atomic E-state index is 13.0. The minimum absolute atomic E-state index is 0.0134. The SMILES string of the molecule is CCN1C(=O)N(C)c2cnc(Nc3ccc(C(=O)N4CCOCC4)cc3)nc2N1C1CCCC1. The van der Waals surface area contributed by atoms with E-state index in [-0.39, 0.29) is 18.0 Å². The van der Waals surface area contributed by atoms with Crippen LogP contribution in [-0.4, -0.2) is 77.8 Å². The number of anilines is 4. The van der Waals surface area contributed by atoms with Crippen molar-refractivity contribution in [2.24, 2.45) is 0 Å². The first kappa shape index (κ1) is 22.4. The fourth-order valence-electron chi connectivity index (χ4n) is 4.90. The molecule has 2 aliphatic heterocycles. The molecule has 3 aliphatic rings. The molecule has 10 nitrogen and oxygen atoms in total. The van der Waals surface area contributed by atoms with Gasteiger partial charge in [0.05, 0.1) is 25.5 Å². The minimum Gasteiger partial charge on any atom is -0.378 e. The number of ether oxygens (including phenoxy) is 1. The van der Waals surface area contributed by atoms with E-state index in [9.17, 15) is 9.59 Å². The van der Waals surface area contributed by atoms with Crippen LogP contribution in [0.5, 0.6) is 0 Å². The first-order valence-corrected chi connectivity index (χ1v) is 12.0. The number of hydrazine groups is 1. The number of nitrogens with one attached hydrogen (secondary N) is 1. The highest BCUT2D eigenvalue weighted by Gasteiger charge is 2.39. The second-order valence-corrected chi connectivity index (χ2v) is 8.85. The van der Waals surface area contributed by atoms with Gasteiger partial charge in [-0.15, -0.1) is 0 Å². The van der Waals surface area contributed by atoms with E-state index in [4.69, 9.17) is 9.72 Å². The van der Waals surface area contributed by atoms with E-state index < -0.39 is 0 Å². The summed E-state index contributed by atoms with van der Waals surface area (Å²) in [5.74, 6) is 1.21. The van der Waals surface area contributed by atoms with Crippen molar-refractivity contribution in [2.75, 3.05) is 55.1 Å². The average molecular weight is 466 g/mol. The van der Waals surface area contributed by atoms with Gasteiger partial charge in [0.1, 0.15) is 5.69 Å². The van der Waals surface area contributed by atoms with Crippen LogP contribution in [0.3, 0.4) is 0 Å². The maximum absolute atomic E-state index is 13.0. The topological polar surface area (TPSA) is 94.1 Å². The Hall–Kier alpha value is -3.40. The summed E-state index contributed by atoms with van der Waals surface area (Å²) < 4.78 is 5.33. The van der Waals surface area contributed by atoms with Gasteiger partial charge in [-0.1, -0.05) is 12.8 Å². The molecule has 3 amide bonds. The molecule has 0 spiro atoms. The van der Waals surface area contributed by atoms with Gasteiger partial charge < -0.3 is 15.0 Å². The number of benzene rings is 1. The van der Waals surface area contributed by atoms with Crippen LogP contribution < -0.4 is 15.2 Å². The first-order chi connectivity index (χ1) is 16.6. The lowest BCUT2D eigenvalue weighted by Gasteiger charge is -2.45. The number of urea groups is 1. The summed E-state index contributed by atoms with van der Waals surface area (Å²) in [5.41, 5.74) is 2.14. The van der Waals surface area contributed by atoms with E-state index in [0.29, 0.717) is 50.0 Å². The molecule has 3 heterocycles. The van der Waals surface area contributed by atoms with Gasteiger partial charge >= 0.3 is 6.03 Å². The molecule has 0 unspecified atom stereocenters. The third-order valence-corrected chi connectivity index (χ3v) is 6.75. The summed E-state index contributed by atoms with van der Waals surface area (Å²) in [6.45, 7) is 4.95. The number of carbonyl (C=O) groups is 2. The smallest absolute Gasteiger partial charge is 0.343 e. The summed E-state index contributed by atoms with van der Waals surface area (Å²) in [5, 5.41) is 7.10. The first-order valence-electron chi connectivity index (χ1n) is 12.0. The molecule has 1 saturated heterocycles. The second-order valence-electron chi connectivity index (χ2n) is 8.85. The molecule has 10 heteroatoms. The molecular weight excluding hydrogens is 434 g/mol. The fourth-order valence-corrected chi connectivity index (χ4v) is 4.90. The number of morpholine rings is 1. The van der Waals surface area contributed by atoms with Gasteiger partial charge in [-0.3, -0.25) is 14.7 Å². The Kier molecular flexibility index (Phi) is 6.23. The van der Waals surface area contributed by atoms with Gasteiger partial charge in [0, 0.05) is 37.9 Å². The lowest BCUT2D eigenvalue weighted by Crippen LogP contribution is -2.59. The molecule has 1 N–H and O–H groups in total. The molecule has 0 bridgehead atoms. The number of aromatic nitrogens is 2. The van der Waals surface area contributed by atoms with Crippen LogP contribution in [0.25, 0.3) is 0 Å². The second kappa shape index (κ2) is 9.46. The van der Waals surface area contributed by atoms with E-state index in [1.165, 1.54) is 0 Å². The number of carbonyl (C=O) groups excluding carboxylic acids is 2. The predicted octanol–water partition coefficient (Wildman–Crippen LogP) is 3.25. The van der Waals surface area contributed by atoms with Gasteiger partial charge in [0.2, 0.25) is 5.95 Å². The third kappa shape index (κ3) is 4.13. The highest BCUT2D eigenvalue weighted by molar-refractivity contribution is 5.98. The van der Waals surface area contributed by atoms with Crippen molar-refractivity contribution in [1.82, 2.24) is 19.9 Å². The summed E-state index contributed by atoms with van der Waals surface area (Å²) in [7, 11) is 1.76. The predicted molar refractivity (Wildman–Crippen MR) is 129 cm³/mol. The highest BCUT2D eigenvalue weighted by atomic mass is 16.5. The van der Waals surface area contributed by atoms with E-state index >= 15 is 0 Å². The van der Waals surface area contributed by atoms with Crippen LogP contribution in [0.2, 0.25) is 0 Å². The van der Waals surface area contributed by atoms with Crippen molar-refractivity contribution in [3.8, 4) is 0 Å². The maximum Gasteiger partial charge on any atom is 0.343 e. The molecule has 1 aromatic carbocycles. The number of hydrogen-bond donors (Lipinski definition) is 1. The summed E-state index contributed by atoms with van der Waals surface area (Å²) in [4.78, 5) is 38.4. The Bertz CT molecular complexity index is 1050. The van der Waals surface area contributed by atoms with Gasteiger partial charge in [-0.2, -0.15) is 4.98 Å². The minimum atomic E-state index is -0.0632.